The van der Waals surface area contributed by atoms with E-state index in [0.29, 0.717) is 44.4 Å². The third kappa shape index (κ3) is 25.4. The van der Waals surface area contributed by atoms with Crippen molar-refractivity contribution in [3.63, 3.8) is 0 Å². The molecule has 13 nitrogen and oxygen atoms in total. The van der Waals surface area contributed by atoms with E-state index in [9.17, 15) is 4.79 Å². The number of benzene rings is 4. The van der Waals surface area contributed by atoms with Crippen LogP contribution in [0.2, 0.25) is 0 Å². The summed E-state index contributed by atoms with van der Waals surface area (Å²) in [6.45, 7) is 8.20. The first-order valence-electron chi connectivity index (χ1n) is 26.9. The number of azo groups is 2. The molecule has 13 heteroatoms. The van der Waals surface area contributed by atoms with Gasteiger partial charge >= 0.3 is 5.69 Å². The highest BCUT2D eigenvalue weighted by atomic mass is 16.5. The molecule has 0 fully saturated rings. The summed E-state index contributed by atoms with van der Waals surface area (Å²) in [7, 11) is 0. The van der Waals surface area contributed by atoms with Crippen molar-refractivity contribution < 1.29 is 18.9 Å². The number of aromatic amines is 1. The molecule has 1 aromatic heterocycles. The molecule has 0 amide bonds. The second kappa shape index (κ2) is 35.8. The van der Waals surface area contributed by atoms with Crippen LogP contribution in [0.25, 0.3) is 0 Å². The molecule has 0 radical (unpaired) electrons. The first-order chi connectivity index (χ1) is 35.1. The van der Waals surface area contributed by atoms with Crippen molar-refractivity contribution in [3.05, 3.63) is 114 Å². The lowest BCUT2D eigenvalue weighted by Gasteiger charge is -2.10. The maximum absolute atomic E-state index is 12.3. The molecule has 0 aliphatic rings. The van der Waals surface area contributed by atoms with Gasteiger partial charge in [-0.15, -0.1) is 0 Å². The van der Waals surface area contributed by atoms with E-state index in [4.69, 9.17) is 18.9 Å². The molecule has 1 heterocycles. The topological polar surface area (TPSA) is 156 Å². The Labute approximate surface area is 424 Å². The van der Waals surface area contributed by atoms with E-state index < -0.39 is 5.69 Å². The first kappa shape index (κ1) is 55.7. The molecule has 384 valence electrons. The lowest BCUT2D eigenvalue weighted by atomic mass is 10.1. The fourth-order valence-electron chi connectivity index (χ4n) is 7.83. The number of H-pyrrole nitrogens is 1. The second-order valence-corrected chi connectivity index (χ2v) is 18.2. The average Bonchev–Trinajstić information content (AvgIpc) is 3.39. The van der Waals surface area contributed by atoms with Gasteiger partial charge in [0.15, 0.2) is 0 Å². The smallest absolute Gasteiger partial charge is 0.348 e. The highest BCUT2D eigenvalue weighted by Gasteiger charge is 2.04. The normalized spacial score (nSPS) is 11.4. The Balaban J connectivity index is 0.872. The molecular formula is C58H82N8O5. The number of anilines is 2. The molecule has 0 bridgehead atoms. The van der Waals surface area contributed by atoms with Crippen molar-refractivity contribution in [1.29, 1.82) is 0 Å². The summed E-state index contributed by atoms with van der Waals surface area (Å²) in [6.07, 6.45) is 27.7. The number of aromatic nitrogens is 2. The molecule has 0 unspecified atom stereocenters. The summed E-state index contributed by atoms with van der Waals surface area (Å²) in [4.78, 5) is 19.1. The molecule has 5 aromatic rings. The quantitative estimate of drug-likeness (QED) is 0.0259. The largest absolute Gasteiger partial charge is 0.494 e. The summed E-state index contributed by atoms with van der Waals surface area (Å²) in [5.74, 6) is 4.29. The van der Waals surface area contributed by atoms with Crippen molar-refractivity contribution in [2.75, 3.05) is 50.2 Å². The van der Waals surface area contributed by atoms with Crippen LogP contribution in [-0.4, -0.2) is 49.5 Å². The number of nitrogens with one attached hydrogen (secondary N) is 3. The second-order valence-electron chi connectivity index (χ2n) is 18.2. The lowest BCUT2D eigenvalue weighted by Crippen LogP contribution is -2.18. The molecule has 0 saturated carbocycles. The Morgan fingerprint density at radius 1 is 0.394 bits per heavy atom. The molecule has 4 aromatic carbocycles. The van der Waals surface area contributed by atoms with Crippen LogP contribution in [-0.2, 0) is 0 Å². The molecule has 3 N–H and O–H groups in total. The van der Waals surface area contributed by atoms with Crippen LogP contribution < -0.4 is 35.3 Å². The lowest BCUT2D eigenvalue weighted by molar-refractivity contribution is 0.304. The maximum atomic E-state index is 12.3. The van der Waals surface area contributed by atoms with Gasteiger partial charge in [0.25, 0.3) is 0 Å². The van der Waals surface area contributed by atoms with Gasteiger partial charge in [-0.25, -0.2) is 4.79 Å². The Kier molecular flexibility index (Phi) is 28.1. The highest BCUT2D eigenvalue weighted by molar-refractivity contribution is 5.47. The molecule has 0 aliphatic heterocycles. The third-order valence-electron chi connectivity index (χ3n) is 12.0. The monoisotopic (exact) mass is 971 g/mol. The van der Waals surface area contributed by atoms with Crippen molar-refractivity contribution in [1.82, 2.24) is 9.97 Å². The van der Waals surface area contributed by atoms with Crippen LogP contribution in [0.4, 0.5) is 34.4 Å². The van der Waals surface area contributed by atoms with Crippen LogP contribution >= 0.6 is 0 Å². The predicted molar refractivity (Wildman–Crippen MR) is 291 cm³/mol. The SMILES string of the molecule is CCCCCCCCCCCCOc1ccc(N=Nc2ccc(OCCCNc3cc(NCCCOc4ccc(N=Nc5ccc(OCCCCCCCCCCCC)cc5)cc4)[nH]c(=O)n3)cc2)cc1. The summed E-state index contributed by atoms with van der Waals surface area (Å²) in [5.41, 5.74) is 2.58. The van der Waals surface area contributed by atoms with Gasteiger partial charge in [-0.3, -0.25) is 4.98 Å². The van der Waals surface area contributed by atoms with E-state index in [1.807, 2.05) is 97.1 Å². The predicted octanol–water partition coefficient (Wildman–Crippen LogP) is 17.0. The fraction of sp³-hybridized carbons (Fsp3) is 0.517. The van der Waals surface area contributed by atoms with E-state index in [-0.39, 0.29) is 0 Å². The average molecular weight is 971 g/mol. The third-order valence-corrected chi connectivity index (χ3v) is 12.0. The number of hydrogen-bond acceptors (Lipinski definition) is 12. The summed E-state index contributed by atoms with van der Waals surface area (Å²) < 4.78 is 23.7. The minimum absolute atomic E-state index is 0.429. The van der Waals surface area contributed by atoms with Crippen molar-refractivity contribution >= 4 is 34.4 Å². The van der Waals surface area contributed by atoms with Crippen LogP contribution in [0.3, 0.4) is 0 Å². The summed E-state index contributed by atoms with van der Waals surface area (Å²) in [6, 6.07) is 32.3. The molecule has 0 aliphatic carbocycles. The molecule has 0 saturated heterocycles. The van der Waals surface area contributed by atoms with Gasteiger partial charge in [0.05, 0.1) is 49.2 Å². The van der Waals surface area contributed by atoms with Crippen molar-refractivity contribution in [2.24, 2.45) is 20.5 Å². The van der Waals surface area contributed by atoms with E-state index >= 15 is 0 Å². The zero-order chi connectivity index (χ0) is 49.7. The van der Waals surface area contributed by atoms with Gasteiger partial charge < -0.3 is 29.6 Å². The van der Waals surface area contributed by atoms with Crippen LogP contribution in [0.5, 0.6) is 23.0 Å². The Bertz CT molecular complexity index is 2080. The number of hydrogen-bond donors (Lipinski definition) is 3. The summed E-state index contributed by atoms with van der Waals surface area (Å²) in [5, 5.41) is 24.0. The zero-order valence-corrected chi connectivity index (χ0v) is 42.9. The Morgan fingerprint density at radius 2 is 0.690 bits per heavy atom. The Morgan fingerprint density at radius 3 is 1.03 bits per heavy atom. The van der Waals surface area contributed by atoms with Crippen molar-refractivity contribution in [2.45, 2.75) is 155 Å². The van der Waals surface area contributed by atoms with Crippen LogP contribution in [0.1, 0.15) is 155 Å². The molecular weight excluding hydrogens is 889 g/mol. The van der Waals surface area contributed by atoms with Gasteiger partial charge in [-0.05, 0) is 123 Å². The fourth-order valence-corrected chi connectivity index (χ4v) is 7.83. The van der Waals surface area contributed by atoms with E-state index in [1.54, 1.807) is 6.07 Å². The standard InChI is InChI=1S/C58H82N8O5/c1-3-5-7-9-11-13-15-17-19-21-43-68-52-33-25-48(26-34-52)63-65-50-29-37-54(38-30-50)70-45-23-41-59-56-47-57(62-58(67)61-56)60-42-24-46-71-55-39-31-51(32-40-55)66-64-49-27-35-53(36-28-49)69-44-22-20-18-16-14-12-10-8-6-4-2/h25-40,47H,3-24,41-46H2,1-2H3,(H3,59,60,61,62,67). The Hall–Kier alpha value is -6.24. The molecule has 0 spiro atoms. The van der Waals surface area contributed by atoms with Gasteiger partial charge in [0.2, 0.25) is 0 Å². The van der Waals surface area contributed by atoms with Gasteiger partial charge in [0, 0.05) is 19.2 Å². The minimum Gasteiger partial charge on any atom is -0.494 e. The van der Waals surface area contributed by atoms with Crippen molar-refractivity contribution in [3.8, 4) is 23.0 Å². The number of nitrogens with zero attached hydrogens (tertiary/aromatic N) is 5. The maximum Gasteiger partial charge on any atom is 0.348 e. The zero-order valence-electron chi connectivity index (χ0n) is 42.9. The van der Waals surface area contributed by atoms with Gasteiger partial charge in [0.1, 0.15) is 34.6 Å². The molecule has 71 heavy (non-hydrogen) atoms. The van der Waals surface area contributed by atoms with Crippen LogP contribution in [0.15, 0.2) is 128 Å². The summed E-state index contributed by atoms with van der Waals surface area (Å²) >= 11 is 0. The van der Waals surface area contributed by atoms with Gasteiger partial charge in [-0.1, -0.05) is 129 Å². The van der Waals surface area contributed by atoms with E-state index in [1.165, 1.54) is 116 Å². The van der Waals surface area contributed by atoms with Crippen LogP contribution in [0, 0.1) is 0 Å². The van der Waals surface area contributed by atoms with E-state index in [0.717, 1.165) is 78.2 Å². The number of rotatable bonds is 40. The molecule has 5 rings (SSSR count). The number of unbranched alkanes of at least 4 members (excludes halogenated alkanes) is 18. The minimum atomic E-state index is -0.429. The van der Waals surface area contributed by atoms with Gasteiger partial charge in [-0.2, -0.15) is 25.4 Å². The number of ether oxygens (including phenoxy) is 4. The molecule has 0 atom stereocenters. The highest BCUT2D eigenvalue weighted by Crippen LogP contribution is 2.26. The first-order valence-corrected chi connectivity index (χ1v) is 26.9. The van der Waals surface area contributed by atoms with E-state index in [2.05, 4.69) is 54.9 Å².